The normalized spacial score (nSPS) is 10.6. The quantitative estimate of drug-likeness (QED) is 0.716. The third kappa shape index (κ3) is 5.84. The van der Waals surface area contributed by atoms with E-state index in [0.717, 1.165) is 12.8 Å². The molecule has 0 aliphatic rings. The summed E-state index contributed by atoms with van der Waals surface area (Å²) >= 11 is 0. The van der Waals surface area contributed by atoms with Crippen molar-refractivity contribution in [3.8, 4) is 0 Å². The second-order valence-electron chi connectivity index (χ2n) is 4.77. The molecule has 1 aromatic rings. The van der Waals surface area contributed by atoms with Crippen LogP contribution >= 0.6 is 0 Å². The highest BCUT2D eigenvalue weighted by Crippen LogP contribution is 2.04. The number of hydrogen-bond donors (Lipinski definition) is 2. The highest BCUT2D eigenvalue weighted by molar-refractivity contribution is 5.95. The number of carboxylic acids is 1. The van der Waals surface area contributed by atoms with Crippen molar-refractivity contribution in [2.75, 3.05) is 13.2 Å². The lowest BCUT2D eigenvalue weighted by Gasteiger charge is -2.08. The van der Waals surface area contributed by atoms with Gasteiger partial charge >= 0.3 is 5.97 Å². The van der Waals surface area contributed by atoms with Gasteiger partial charge in [-0.25, -0.2) is 4.79 Å². The molecule has 0 aliphatic carbocycles. The van der Waals surface area contributed by atoms with Crippen molar-refractivity contribution in [3.05, 3.63) is 35.4 Å². The Hall–Kier alpha value is -1.88. The Morgan fingerprint density at radius 3 is 2.30 bits per heavy atom. The molecule has 0 atom stereocenters. The third-order valence-electron chi connectivity index (χ3n) is 2.70. The second-order valence-corrected chi connectivity index (χ2v) is 4.77. The minimum Gasteiger partial charge on any atom is -0.478 e. The number of carboxylic acid groups (broad SMARTS) is 1. The van der Waals surface area contributed by atoms with Crippen LogP contribution in [0.25, 0.3) is 0 Å². The summed E-state index contributed by atoms with van der Waals surface area (Å²) in [7, 11) is 0. The van der Waals surface area contributed by atoms with Crippen molar-refractivity contribution in [1.29, 1.82) is 0 Å². The molecule has 20 heavy (non-hydrogen) atoms. The molecule has 110 valence electrons. The summed E-state index contributed by atoms with van der Waals surface area (Å²) < 4.78 is 5.40. The van der Waals surface area contributed by atoms with Crippen LogP contribution in [0, 0.1) is 0 Å². The predicted octanol–water partition coefficient (Wildman–Crippen LogP) is 2.32. The maximum Gasteiger partial charge on any atom is 0.335 e. The van der Waals surface area contributed by atoms with Crippen LogP contribution in [0.3, 0.4) is 0 Å². The fourth-order valence-corrected chi connectivity index (χ4v) is 1.61. The highest BCUT2D eigenvalue weighted by atomic mass is 16.5. The van der Waals surface area contributed by atoms with Crippen LogP contribution in [0.4, 0.5) is 0 Å². The van der Waals surface area contributed by atoms with Gasteiger partial charge in [0, 0.05) is 18.7 Å². The van der Waals surface area contributed by atoms with Crippen molar-refractivity contribution in [2.24, 2.45) is 0 Å². The molecule has 5 heteroatoms. The van der Waals surface area contributed by atoms with Crippen LogP contribution in [0.15, 0.2) is 24.3 Å². The Morgan fingerprint density at radius 2 is 1.75 bits per heavy atom. The maximum atomic E-state index is 11.8. The molecule has 1 aromatic carbocycles. The first kappa shape index (κ1) is 16.2. The van der Waals surface area contributed by atoms with Gasteiger partial charge in [0.25, 0.3) is 5.91 Å². The zero-order chi connectivity index (χ0) is 15.0. The van der Waals surface area contributed by atoms with E-state index in [4.69, 9.17) is 9.84 Å². The summed E-state index contributed by atoms with van der Waals surface area (Å²) in [5.74, 6) is -1.19. The van der Waals surface area contributed by atoms with Gasteiger partial charge in [0.2, 0.25) is 0 Å². The summed E-state index contributed by atoms with van der Waals surface area (Å²) in [6.07, 6.45) is 1.99. The van der Waals surface area contributed by atoms with Gasteiger partial charge in [-0.3, -0.25) is 4.79 Å². The third-order valence-corrected chi connectivity index (χ3v) is 2.70. The number of ether oxygens (including phenoxy) is 1. The Kier molecular flexibility index (Phi) is 6.73. The number of benzene rings is 1. The summed E-state index contributed by atoms with van der Waals surface area (Å²) in [4.78, 5) is 22.5. The summed E-state index contributed by atoms with van der Waals surface area (Å²) in [6.45, 7) is 5.26. The lowest BCUT2D eigenvalue weighted by atomic mass is 10.1. The number of carbonyl (C=O) groups is 2. The van der Waals surface area contributed by atoms with Crippen LogP contribution in [-0.2, 0) is 4.74 Å². The molecule has 0 spiro atoms. The van der Waals surface area contributed by atoms with Gasteiger partial charge < -0.3 is 15.2 Å². The first-order valence-corrected chi connectivity index (χ1v) is 6.74. The van der Waals surface area contributed by atoms with Crippen molar-refractivity contribution < 1.29 is 19.4 Å². The monoisotopic (exact) mass is 279 g/mol. The van der Waals surface area contributed by atoms with Crippen LogP contribution in [-0.4, -0.2) is 36.2 Å². The number of hydrogen-bond acceptors (Lipinski definition) is 3. The lowest BCUT2D eigenvalue weighted by molar-refractivity contribution is 0.0696. The lowest BCUT2D eigenvalue weighted by Crippen LogP contribution is -2.24. The van der Waals surface area contributed by atoms with Crippen molar-refractivity contribution in [2.45, 2.75) is 32.8 Å². The number of amides is 1. The molecule has 0 aromatic heterocycles. The molecule has 1 rings (SSSR count). The van der Waals surface area contributed by atoms with Gasteiger partial charge in [-0.05, 0) is 51.0 Å². The molecule has 0 saturated heterocycles. The standard InChI is InChI=1S/C15H21NO4/c1-11(2)20-10-4-3-9-16-14(17)12-5-7-13(8-6-12)15(18)19/h5-8,11H,3-4,9-10H2,1-2H3,(H,16,17)(H,18,19). The highest BCUT2D eigenvalue weighted by Gasteiger charge is 2.07. The van der Waals surface area contributed by atoms with Gasteiger partial charge in [-0.15, -0.1) is 0 Å². The molecule has 0 heterocycles. The van der Waals surface area contributed by atoms with Crippen molar-refractivity contribution in [1.82, 2.24) is 5.32 Å². The average molecular weight is 279 g/mol. The van der Waals surface area contributed by atoms with Gasteiger partial charge in [0.15, 0.2) is 0 Å². The molecular formula is C15H21NO4. The van der Waals surface area contributed by atoms with Crippen LogP contribution in [0.5, 0.6) is 0 Å². The SMILES string of the molecule is CC(C)OCCCCNC(=O)c1ccc(C(=O)O)cc1. The molecule has 0 unspecified atom stereocenters. The molecule has 1 amide bonds. The molecule has 0 saturated carbocycles. The first-order chi connectivity index (χ1) is 9.50. The number of unbranched alkanes of at least 4 members (excludes halogenated alkanes) is 1. The van der Waals surface area contributed by atoms with E-state index in [1.165, 1.54) is 24.3 Å². The Morgan fingerprint density at radius 1 is 1.15 bits per heavy atom. The smallest absolute Gasteiger partial charge is 0.335 e. The number of rotatable bonds is 8. The first-order valence-electron chi connectivity index (χ1n) is 6.74. The molecule has 0 bridgehead atoms. The second kappa shape index (κ2) is 8.32. The van der Waals surface area contributed by atoms with Gasteiger partial charge in [-0.1, -0.05) is 0 Å². The number of nitrogens with one attached hydrogen (secondary N) is 1. The van der Waals surface area contributed by atoms with E-state index in [9.17, 15) is 9.59 Å². The molecular weight excluding hydrogens is 258 g/mol. The Bertz CT molecular complexity index is 440. The minimum atomic E-state index is -0.998. The Balaban J connectivity index is 2.27. The van der Waals surface area contributed by atoms with Crippen LogP contribution in [0.2, 0.25) is 0 Å². The Labute approximate surface area is 118 Å². The number of aromatic carboxylic acids is 1. The predicted molar refractivity (Wildman–Crippen MR) is 76.1 cm³/mol. The molecule has 0 radical (unpaired) electrons. The van der Waals surface area contributed by atoms with Crippen LogP contribution < -0.4 is 5.32 Å². The summed E-state index contributed by atoms with van der Waals surface area (Å²) in [5.41, 5.74) is 0.640. The van der Waals surface area contributed by atoms with E-state index in [1.807, 2.05) is 13.8 Å². The molecule has 0 fully saturated rings. The largest absolute Gasteiger partial charge is 0.478 e. The van der Waals surface area contributed by atoms with E-state index in [1.54, 1.807) is 0 Å². The van der Waals surface area contributed by atoms with E-state index < -0.39 is 5.97 Å². The van der Waals surface area contributed by atoms with E-state index in [2.05, 4.69) is 5.32 Å². The maximum absolute atomic E-state index is 11.8. The zero-order valence-electron chi connectivity index (χ0n) is 11.9. The van der Waals surface area contributed by atoms with Crippen molar-refractivity contribution in [3.63, 3.8) is 0 Å². The van der Waals surface area contributed by atoms with Crippen LogP contribution in [0.1, 0.15) is 47.4 Å². The summed E-state index contributed by atoms with van der Waals surface area (Å²) in [6, 6.07) is 5.88. The van der Waals surface area contributed by atoms with Gasteiger partial charge in [-0.2, -0.15) is 0 Å². The average Bonchev–Trinajstić information content (AvgIpc) is 2.42. The van der Waals surface area contributed by atoms with Crippen molar-refractivity contribution >= 4 is 11.9 Å². The summed E-state index contributed by atoms with van der Waals surface area (Å²) in [5, 5.41) is 11.6. The fraction of sp³-hybridized carbons (Fsp3) is 0.467. The topological polar surface area (TPSA) is 75.6 Å². The number of carbonyl (C=O) groups excluding carboxylic acids is 1. The molecule has 2 N–H and O–H groups in total. The van der Waals surface area contributed by atoms with Gasteiger partial charge in [0.1, 0.15) is 0 Å². The minimum absolute atomic E-state index is 0.174. The van der Waals surface area contributed by atoms with E-state index in [-0.39, 0.29) is 17.6 Å². The molecule has 0 aliphatic heterocycles. The van der Waals surface area contributed by atoms with Gasteiger partial charge in [0.05, 0.1) is 11.7 Å². The van der Waals surface area contributed by atoms with E-state index >= 15 is 0 Å². The molecule has 5 nitrogen and oxygen atoms in total. The van der Waals surface area contributed by atoms with E-state index in [0.29, 0.717) is 18.7 Å². The zero-order valence-corrected chi connectivity index (χ0v) is 11.9. The fourth-order valence-electron chi connectivity index (χ4n) is 1.61.